The van der Waals surface area contributed by atoms with Crippen LogP contribution in [0.25, 0.3) is 0 Å². The zero-order valence-electron chi connectivity index (χ0n) is 10.8. The Hall–Kier alpha value is -1.46. The molecular formula is C13H19N3O2. The highest BCUT2D eigenvalue weighted by Crippen LogP contribution is 2.15. The van der Waals surface area contributed by atoms with Gasteiger partial charge in [0.1, 0.15) is 6.61 Å². The fourth-order valence-corrected chi connectivity index (χ4v) is 1.84. The number of carbonyl (C=O) groups is 1. The molecule has 5 nitrogen and oxygen atoms in total. The second kappa shape index (κ2) is 5.46. The van der Waals surface area contributed by atoms with Crippen LogP contribution in [-0.4, -0.2) is 36.2 Å². The van der Waals surface area contributed by atoms with E-state index in [-0.39, 0.29) is 24.2 Å². The number of hydrogen-bond donors (Lipinski definition) is 2. The molecule has 0 aliphatic carbocycles. The first-order chi connectivity index (χ1) is 8.59. The van der Waals surface area contributed by atoms with E-state index in [9.17, 15) is 4.79 Å². The average molecular weight is 249 g/mol. The van der Waals surface area contributed by atoms with Crippen molar-refractivity contribution in [3.63, 3.8) is 0 Å². The zero-order valence-corrected chi connectivity index (χ0v) is 10.8. The Labute approximate surface area is 107 Å². The van der Waals surface area contributed by atoms with E-state index < -0.39 is 0 Å². The summed E-state index contributed by atoms with van der Waals surface area (Å²) in [4.78, 5) is 15.7. The summed E-state index contributed by atoms with van der Waals surface area (Å²) in [5.41, 5.74) is 0.854. The lowest BCUT2D eigenvalue weighted by Crippen LogP contribution is -2.59. The van der Waals surface area contributed by atoms with Crippen molar-refractivity contribution in [2.24, 2.45) is 0 Å². The maximum Gasteiger partial charge on any atom is 0.246 e. The van der Waals surface area contributed by atoms with Crippen molar-refractivity contribution >= 4 is 5.91 Å². The highest BCUT2D eigenvalue weighted by Gasteiger charge is 2.33. The third kappa shape index (κ3) is 3.27. The number of pyridine rings is 1. The molecule has 0 spiro atoms. The molecule has 1 amide bonds. The van der Waals surface area contributed by atoms with Gasteiger partial charge in [-0.25, -0.2) is 0 Å². The largest absolute Gasteiger partial charge is 0.363 e. The minimum Gasteiger partial charge on any atom is -0.363 e. The van der Waals surface area contributed by atoms with E-state index in [2.05, 4.69) is 15.6 Å². The Morgan fingerprint density at radius 1 is 1.56 bits per heavy atom. The predicted molar refractivity (Wildman–Crippen MR) is 68.0 cm³/mol. The number of aromatic nitrogens is 1. The first-order valence-electron chi connectivity index (χ1n) is 6.13. The maximum absolute atomic E-state index is 11.7. The smallest absolute Gasteiger partial charge is 0.246 e. The highest BCUT2D eigenvalue weighted by atomic mass is 16.5. The van der Waals surface area contributed by atoms with Crippen LogP contribution in [0.15, 0.2) is 24.5 Å². The monoisotopic (exact) mass is 249 g/mol. The van der Waals surface area contributed by atoms with Crippen molar-refractivity contribution in [3.05, 3.63) is 30.1 Å². The summed E-state index contributed by atoms with van der Waals surface area (Å²) in [7, 11) is 0. The molecule has 98 valence electrons. The summed E-state index contributed by atoms with van der Waals surface area (Å²) in [6, 6.07) is 3.75. The van der Waals surface area contributed by atoms with Crippen LogP contribution in [0.1, 0.15) is 25.5 Å². The third-order valence-corrected chi connectivity index (χ3v) is 3.13. The van der Waals surface area contributed by atoms with Crippen molar-refractivity contribution in [3.8, 4) is 0 Å². The molecule has 0 unspecified atom stereocenters. The van der Waals surface area contributed by atoms with Crippen LogP contribution in [-0.2, 0) is 9.53 Å². The first kappa shape index (κ1) is 13.0. The maximum atomic E-state index is 11.7. The molecule has 1 aliphatic heterocycles. The van der Waals surface area contributed by atoms with Crippen molar-refractivity contribution < 1.29 is 9.53 Å². The molecular weight excluding hydrogens is 230 g/mol. The number of nitrogens with zero attached hydrogens (tertiary/aromatic N) is 1. The standard InChI is InChI=1S/C13H19N3O2/c1-10(11-3-5-14-6-4-11)16-12(17)7-18-13(2)8-15-9-13/h3-6,10,15H,7-9H2,1-2H3,(H,16,17)/t10-/m1/s1. The number of rotatable bonds is 5. The summed E-state index contributed by atoms with van der Waals surface area (Å²) in [6.07, 6.45) is 3.44. The lowest BCUT2D eigenvalue weighted by atomic mass is 10.0. The first-order valence-corrected chi connectivity index (χ1v) is 6.13. The van der Waals surface area contributed by atoms with Gasteiger partial charge in [0.15, 0.2) is 0 Å². The number of carbonyl (C=O) groups excluding carboxylic acids is 1. The van der Waals surface area contributed by atoms with Gasteiger partial charge in [-0.1, -0.05) is 0 Å². The number of hydrogen-bond acceptors (Lipinski definition) is 4. The Balaban J connectivity index is 1.77. The van der Waals surface area contributed by atoms with Gasteiger partial charge in [0.25, 0.3) is 0 Å². The van der Waals surface area contributed by atoms with Crippen molar-refractivity contribution in [2.45, 2.75) is 25.5 Å². The van der Waals surface area contributed by atoms with Gasteiger partial charge in [0.2, 0.25) is 5.91 Å². The lowest BCUT2D eigenvalue weighted by Gasteiger charge is -2.38. The van der Waals surface area contributed by atoms with E-state index in [4.69, 9.17) is 4.74 Å². The van der Waals surface area contributed by atoms with E-state index in [0.717, 1.165) is 18.7 Å². The average Bonchev–Trinajstić information content (AvgIpc) is 2.35. The van der Waals surface area contributed by atoms with Gasteiger partial charge < -0.3 is 15.4 Å². The minimum atomic E-state index is -0.183. The fourth-order valence-electron chi connectivity index (χ4n) is 1.84. The van der Waals surface area contributed by atoms with E-state index >= 15 is 0 Å². The molecule has 1 aromatic heterocycles. The van der Waals surface area contributed by atoms with Crippen LogP contribution < -0.4 is 10.6 Å². The molecule has 1 fully saturated rings. The molecule has 5 heteroatoms. The van der Waals surface area contributed by atoms with Gasteiger partial charge in [-0.3, -0.25) is 9.78 Å². The minimum absolute atomic E-state index is 0.0311. The van der Waals surface area contributed by atoms with Crippen molar-refractivity contribution in [1.29, 1.82) is 0 Å². The topological polar surface area (TPSA) is 63.2 Å². The summed E-state index contributed by atoms with van der Waals surface area (Å²) < 4.78 is 5.58. The Morgan fingerprint density at radius 3 is 2.78 bits per heavy atom. The number of nitrogens with one attached hydrogen (secondary N) is 2. The van der Waals surface area contributed by atoms with Gasteiger partial charge in [0.05, 0.1) is 11.6 Å². The molecule has 0 saturated carbocycles. The second-order valence-corrected chi connectivity index (χ2v) is 4.91. The van der Waals surface area contributed by atoms with Gasteiger partial charge in [-0.15, -0.1) is 0 Å². The summed E-state index contributed by atoms with van der Waals surface area (Å²) in [6.45, 7) is 5.66. The third-order valence-electron chi connectivity index (χ3n) is 3.13. The van der Waals surface area contributed by atoms with Crippen LogP contribution in [0.4, 0.5) is 0 Å². The van der Waals surface area contributed by atoms with E-state index in [0.29, 0.717) is 0 Å². The Kier molecular flexibility index (Phi) is 3.93. The lowest BCUT2D eigenvalue weighted by molar-refractivity contribution is -0.136. The molecule has 2 rings (SSSR count). The van der Waals surface area contributed by atoms with Gasteiger partial charge >= 0.3 is 0 Å². The molecule has 18 heavy (non-hydrogen) atoms. The molecule has 0 radical (unpaired) electrons. The molecule has 2 N–H and O–H groups in total. The molecule has 1 saturated heterocycles. The quantitative estimate of drug-likeness (QED) is 0.803. The van der Waals surface area contributed by atoms with E-state index in [1.54, 1.807) is 12.4 Å². The predicted octanol–water partition coefficient (Wildman–Crippen LogP) is 0.637. The van der Waals surface area contributed by atoms with Crippen LogP contribution >= 0.6 is 0 Å². The Morgan fingerprint density at radius 2 is 2.22 bits per heavy atom. The normalized spacial score (nSPS) is 18.8. The van der Waals surface area contributed by atoms with E-state index in [1.807, 2.05) is 26.0 Å². The molecule has 1 atom stereocenters. The summed E-state index contributed by atoms with van der Waals surface area (Å²) in [5.74, 6) is -0.0903. The summed E-state index contributed by atoms with van der Waals surface area (Å²) >= 11 is 0. The van der Waals surface area contributed by atoms with Crippen LogP contribution in [0.5, 0.6) is 0 Å². The Bertz CT molecular complexity index is 404. The van der Waals surface area contributed by atoms with Gasteiger partial charge in [-0.2, -0.15) is 0 Å². The van der Waals surface area contributed by atoms with Crippen LogP contribution in [0.2, 0.25) is 0 Å². The van der Waals surface area contributed by atoms with Gasteiger partial charge in [0, 0.05) is 25.5 Å². The van der Waals surface area contributed by atoms with Crippen LogP contribution in [0.3, 0.4) is 0 Å². The van der Waals surface area contributed by atoms with Crippen molar-refractivity contribution in [2.75, 3.05) is 19.7 Å². The zero-order chi connectivity index (χ0) is 13.0. The van der Waals surface area contributed by atoms with Crippen LogP contribution in [0, 0.1) is 0 Å². The van der Waals surface area contributed by atoms with Crippen molar-refractivity contribution in [1.82, 2.24) is 15.6 Å². The molecule has 0 bridgehead atoms. The number of ether oxygens (including phenoxy) is 1. The van der Waals surface area contributed by atoms with E-state index in [1.165, 1.54) is 0 Å². The molecule has 0 aromatic carbocycles. The SMILES string of the molecule is C[C@@H](NC(=O)COC1(C)CNC1)c1ccncc1. The molecule has 1 aromatic rings. The molecule has 2 heterocycles. The summed E-state index contributed by atoms with van der Waals surface area (Å²) in [5, 5.41) is 6.03. The number of amides is 1. The highest BCUT2D eigenvalue weighted by molar-refractivity contribution is 5.77. The van der Waals surface area contributed by atoms with Gasteiger partial charge in [-0.05, 0) is 31.5 Å². The second-order valence-electron chi connectivity index (χ2n) is 4.91. The fraction of sp³-hybridized carbons (Fsp3) is 0.538. The molecule has 1 aliphatic rings.